The van der Waals surface area contributed by atoms with Crippen LogP contribution in [0.3, 0.4) is 0 Å². The topological polar surface area (TPSA) is 107 Å². The van der Waals surface area contributed by atoms with Crippen molar-refractivity contribution in [2.24, 2.45) is 5.10 Å². The lowest BCUT2D eigenvalue weighted by atomic mass is 10.3. The van der Waals surface area contributed by atoms with Crippen LogP contribution in [0.25, 0.3) is 0 Å². The molecule has 0 aliphatic carbocycles. The van der Waals surface area contributed by atoms with Gasteiger partial charge < -0.3 is 14.2 Å². The van der Waals surface area contributed by atoms with Gasteiger partial charge in [0.25, 0.3) is 0 Å². The highest BCUT2D eigenvalue weighted by molar-refractivity contribution is 5.73. The molecule has 3 rings (SSSR count). The van der Waals surface area contributed by atoms with Crippen LogP contribution in [-0.2, 0) is 14.2 Å². The number of hydrazone groups is 1. The molecule has 3 atom stereocenters. The number of amides is 1. The first-order valence-corrected chi connectivity index (χ1v) is 7.41. The van der Waals surface area contributed by atoms with Gasteiger partial charge >= 0.3 is 12.3 Å². The van der Waals surface area contributed by atoms with E-state index in [1.54, 1.807) is 0 Å². The van der Waals surface area contributed by atoms with Crippen LogP contribution in [0.15, 0.2) is 17.3 Å². The van der Waals surface area contributed by atoms with E-state index in [1.165, 1.54) is 23.4 Å². The molecule has 10 nitrogen and oxygen atoms in total. The second kappa shape index (κ2) is 7.02. The molecule has 0 radical (unpaired) electrons. The summed E-state index contributed by atoms with van der Waals surface area (Å²) in [4.78, 5) is 24.0. The zero-order valence-corrected chi connectivity index (χ0v) is 12.4. The van der Waals surface area contributed by atoms with Crippen molar-refractivity contribution in [3.05, 3.63) is 22.3 Å². The van der Waals surface area contributed by atoms with Crippen molar-refractivity contribution < 1.29 is 23.9 Å². The average molecular weight is 326 g/mol. The van der Waals surface area contributed by atoms with E-state index < -0.39 is 23.3 Å². The average Bonchev–Trinajstić information content (AvgIpc) is 3.13. The summed E-state index contributed by atoms with van der Waals surface area (Å²) in [6.45, 7) is 4.00. The van der Waals surface area contributed by atoms with Gasteiger partial charge in [-0.05, 0) is 6.08 Å². The van der Waals surface area contributed by atoms with E-state index in [1.807, 2.05) is 0 Å². The van der Waals surface area contributed by atoms with Gasteiger partial charge in [0.1, 0.15) is 12.2 Å². The van der Waals surface area contributed by atoms with Gasteiger partial charge in [-0.2, -0.15) is 10.1 Å². The van der Waals surface area contributed by atoms with E-state index in [0.717, 1.165) is 13.1 Å². The first-order valence-electron chi connectivity index (χ1n) is 7.41. The van der Waals surface area contributed by atoms with Crippen molar-refractivity contribution in [2.75, 3.05) is 39.4 Å². The lowest BCUT2D eigenvalue weighted by Crippen LogP contribution is -2.41. The minimum absolute atomic E-state index is 0.246. The third kappa shape index (κ3) is 4.03. The molecule has 126 valence electrons. The summed E-state index contributed by atoms with van der Waals surface area (Å²) in [5.41, 5.74) is 0. The summed E-state index contributed by atoms with van der Waals surface area (Å²) in [5, 5.41) is 15.8. The smallest absolute Gasteiger partial charge is 0.430 e. The summed E-state index contributed by atoms with van der Waals surface area (Å²) in [7, 11) is 0. The lowest BCUT2D eigenvalue weighted by molar-refractivity contribution is -0.558. The van der Waals surface area contributed by atoms with Gasteiger partial charge in [-0.3, -0.25) is 15.0 Å². The summed E-state index contributed by atoms with van der Waals surface area (Å²) < 4.78 is 15.7. The highest BCUT2D eigenvalue weighted by Gasteiger charge is 2.33. The molecule has 0 aromatic rings. The van der Waals surface area contributed by atoms with E-state index in [4.69, 9.17) is 14.2 Å². The Balaban J connectivity index is 1.47. The van der Waals surface area contributed by atoms with Gasteiger partial charge in [0.15, 0.2) is 0 Å². The minimum atomic E-state index is -1.16. The Labute approximate surface area is 132 Å². The number of cyclic esters (lactones) is 1. The number of carbonyl (C=O) groups is 1. The van der Waals surface area contributed by atoms with Gasteiger partial charge in [0.2, 0.25) is 0 Å². The highest BCUT2D eigenvalue weighted by Crippen LogP contribution is 2.15. The number of hydrogen-bond acceptors (Lipinski definition) is 8. The van der Waals surface area contributed by atoms with E-state index in [2.05, 4.69) is 10.0 Å². The molecule has 0 aromatic carbocycles. The normalized spacial score (nSPS) is 31.9. The molecule has 0 saturated carbocycles. The van der Waals surface area contributed by atoms with Crippen molar-refractivity contribution in [1.29, 1.82) is 0 Å². The molecule has 0 aromatic heterocycles. The van der Waals surface area contributed by atoms with Crippen LogP contribution in [0, 0.1) is 10.1 Å². The van der Waals surface area contributed by atoms with Crippen LogP contribution >= 0.6 is 0 Å². The number of nitro groups is 1. The number of morpholine rings is 1. The number of carbonyl (C=O) groups excluding carboxylic acids is 1. The Morgan fingerprint density at radius 1 is 1.39 bits per heavy atom. The van der Waals surface area contributed by atoms with Crippen LogP contribution < -0.4 is 0 Å². The molecule has 10 heteroatoms. The third-order valence-electron chi connectivity index (χ3n) is 3.74. The molecule has 0 bridgehead atoms. The molecule has 23 heavy (non-hydrogen) atoms. The molecule has 1 amide bonds. The Bertz CT molecular complexity index is 519. The van der Waals surface area contributed by atoms with Crippen molar-refractivity contribution in [1.82, 2.24) is 9.91 Å². The predicted octanol–water partition coefficient (Wildman–Crippen LogP) is -0.317. The second-order valence-electron chi connectivity index (χ2n) is 5.43. The van der Waals surface area contributed by atoms with Crippen LogP contribution in [0.5, 0.6) is 0 Å². The quantitative estimate of drug-likeness (QED) is 0.295. The SMILES string of the molecule is O=C1OC(CN2CCOCC2)CN1/N=C/C1C=CC([N+](=O)[O-])O1. The van der Waals surface area contributed by atoms with Gasteiger partial charge in [-0.1, -0.05) is 0 Å². The van der Waals surface area contributed by atoms with E-state index in [0.29, 0.717) is 26.3 Å². The first-order chi connectivity index (χ1) is 11.1. The molecule has 2 fully saturated rings. The number of hydrogen-bond donors (Lipinski definition) is 0. The maximum Gasteiger partial charge on any atom is 0.430 e. The van der Waals surface area contributed by atoms with Crippen molar-refractivity contribution >= 4 is 12.3 Å². The van der Waals surface area contributed by atoms with E-state index in [-0.39, 0.29) is 6.10 Å². The predicted molar refractivity (Wildman–Crippen MR) is 77.5 cm³/mol. The molecule has 0 N–H and O–H groups in total. The van der Waals surface area contributed by atoms with Crippen molar-refractivity contribution in [2.45, 2.75) is 18.4 Å². The van der Waals surface area contributed by atoms with Gasteiger partial charge in [0, 0.05) is 25.7 Å². The molecule has 0 spiro atoms. The Morgan fingerprint density at radius 2 is 2.17 bits per heavy atom. The Kier molecular flexibility index (Phi) is 4.84. The zero-order chi connectivity index (χ0) is 16.2. The molecular weight excluding hydrogens is 308 g/mol. The van der Waals surface area contributed by atoms with Crippen molar-refractivity contribution in [3.63, 3.8) is 0 Å². The molecular formula is C13H18N4O6. The van der Waals surface area contributed by atoms with Crippen LogP contribution in [0.4, 0.5) is 4.79 Å². The van der Waals surface area contributed by atoms with Gasteiger partial charge in [-0.25, -0.2) is 4.79 Å². The molecule has 3 unspecified atom stereocenters. The lowest BCUT2D eigenvalue weighted by Gasteiger charge is -2.27. The first kappa shape index (κ1) is 15.8. The van der Waals surface area contributed by atoms with Gasteiger partial charge in [-0.15, -0.1) is 0 Å². The third-order valence-corrected chi connectivity index (χ3v) is 3.74. The number of rotatable bonds is 5. The maximum absolute atomic E-state index is 11.8. The fourth-order valence-electron chi connectivity index (χ4n) is 2.58. The molecule has 2 saturated heterocycles. The monoisotopic (exact) mass is 326 g/mol. The largest absolute Gasteiger partial charge is 0.441 e. The van der Waals surface area contributed by atoms with Gasteiger partial charge in [0.05, 0.1) is 30.9 Å². The fourth-order valence-corrected chi connectivity index (χ4v) is 2.58. The summed E-state index contributed by atoms with van der Waals surface area (Å²) >= 11 is 0. The summed E-state index contributed by atoms with van der Waals surface area (Å²) in [6, 6.07) is 0. The van der Waals surface area contributed by atoms with Crippen LogP contribution in [0.2, 0.25) is 0 Å². The highest BCUT2D eigenvalue weighted by atomic mass is 16.7. The van der Waals surface area contributed by atoms with E-state index >= 15 is 0 Å². The van der Waals surface area contributed by atoms with E-state index in [9.17, 15) is 14.9 Å². The minimum Gasteiger partial charge on any atom is -0.441 e. The molecule has 3 aliphatic heterocycles. The molecule has 3 heterocycles. The van der Waals surface area contributed by atoms with Crippen LogP contribution in [-0.4, -0.2) is 85.0 Å². The Morgan fingerprint density at radius 3 is 2.87 bits per heavy atom. The van der Waals surface area contributed by atoms with Crippen LogP contribution in [0.1, 0.15) is 0 Å². The zero-order valence-electron chi connectivity index (χ0n) is 12.4. The maximum atomic E-state index is 11.8. The second-order valence-corrected chi connectivity index (χ2v) is 5.43. The van der Waals surface area contributed by atoms with Crippen molar-refractivity contribution in [3.8, 4) is 0 Å². The Hall–Kier alpha value is -2.04. The summed E-state index contributed by atoms with van der Waals surface area (Å²) in [6.07, 6.45) is 1.70. The fraction of sp³-hybridized carbons (Fsp3) is 0.692. The molecule has 3 aliphatic rings. The standard InChI is InChI=1S/C13H18N4O6/c18-13-16(14-7-10-1-2-12(22-10)17(19)20)9-11(23-13)8-15-3-5-21-6-4-15/h1-2,7,10-12H,3-6,8-9H2/b14-7+. The number of ether oxygens (including phenoxy) is 3. The number of nitrogens with zero attached hydrogens (tertiary/aromatic N) is 4. The summed E-state index contributed by atoms with van der Waals surface area (Å²) in [5.74, 6) is 0.